The maximum atomic E-state index is 11.5. The molecule has 0 aromatic carbocycles. The minimum atomic E-state index is -0.468. The zero-order valence-electron chi connectivity index (χ0n) is 24.1. The van der Waals surface area contributed by atoms with E-state index in [0.29, 0.717) is 119 Å². The molecule has 0 spiro atoms. The monoisotopic (exact) mass is 555 g/mol. The lowest BCUT2D eigenvalue weighted by Crippen LogP contribution is -2.24. The van der Waals surface area contributed by atoms with E-state index in [4.69, 9.17) is 47.4 Å². The topological polar surface area (TPSA) is 121 Å². The van der Waals surface area contributed by atoms with Crippen LogP contribution in [0.4, 0.5) is 0 Å². The molecule has 0 radical (unpaired) electrons. The maximum absolute atomic E-state index is 11.5. The van der Waals surface area contributed by atoms with Crippen molar-refractivity contribution in [3.8, 4) is 0 Å². The van der Waals surface area contributed by atoms with E-state index in [2.05, 4.69) is 5.32 Å². The molecule has 0 aromatic rings. The second kappa shape index (κ2) is 29.1. The Labute approximate surface area is 229 Å². The Morgan fingerprint density at radius 2 is 0.737 bits per heavy atom. The first-order valence-electron chi connectivity index (χ1n) is 13.5. The molecule has 228 valence electrons. The summed E-state index contributed by atoms with van der Waals surface area (Å²) in [4.78, 5) is 11.5. The molecule has 0 heterocycles. The summed E-state index contributed by atoms with van der Waals surface area (Å²) in [5, 5.41) is 3.01. The zero-order chi connectivity index (χ0) is 28.0. The van der Waals surface area contributed by atoms with Crippen LogP contribution in [0, 0.1) is 0 Å². The molecule has 0 aromatic heterocycles. The number of carbonyl (C=O) groups excluding carboxylic acids is 1. The minimum Gasteiger partial charge on any atom is -0.460 e. The van der Waals surface area contributed by atoms with E-state index < -0.39 is 5.60 Å². The molecule has 12 nitrogen and oxygen atoms in total. The third-order valence-electron chi connectivity index (χ3n) is 4.34. The lowest BCUT2D eigenvalue weighted by atomic mass is 10.2. The molecule has 0 unspecified atom stereocenters. The van der Waals surface area contributed by atoms with Gasteiger partial charge >= 0.3 is 5.97 Å². The summed E-state index contributed by atoms with van der Waals surface area (Å²) in [7, 11) is 1.89. The van der Waals surface area contributed by atoms with E-state index >= 15 is 0 Å². The summed E-state index contributed by atoms with van der Waals surface area (Å²) >= 11 is 0. The molecular formula is C26H53NO11. The molecule has 0 rings (SSSR count). The van der Waals surface area contributed by atoms with Crippen LogP contribution in [0.15, 0.2) is 0 Å². The fourth-order valence-corrected chi connectivity index (χ4v) is 2.58. The number of ether oxygens (including phenoxy) is 10. The minimum absolute atomic E-state index is 0.237. The molecule has 0 bridgehead atoms. The number of esters is 1. The third-order valence-corrected chi connectivity index (χ3v) is 4.34. The summed E-state index contributed by atoms with van der Waals surface area (Å²) in [6.07, 6.45) is 0.237. The first-order chi connectivity index (χ1) is 18.5. The van der Waals surface area contributed by atoms with Gasteiger partial charge in [-0.1, -0.05) is 0 Å². The van der Waals surface area contributed by atoms with E-state index in [1.807, 2.05) is 27.8 Å². The predicted octanol–water partition coefficient (Wildman–Crippen LogP) is 1.09. The highest BCUT2D eigenvalue weighted by Crippen LogP contribution is 2.08. The highest BCUT2D eigenvalue weighted by molar-refractivity contribution is 5.69. The van der Waals surface area contributed by atoms with Crippen LogP contribution in [0.2, 0.25) is 0 Å². The standard InChI is InChI=1S/C26H53NO11/c1-26(2,3)38-25(28)5-7-29-9-11-31-13-15-33-17-19-35-21-23-37-24-22-36-20-18-34-16-14-32-12-10-30-8-6-27-4/h27H,5-24H2,1-4H3. The van der Waals surface area contributed by atoms with Gasteiger partial charge in [0.2, 0.25) is 0 Å². The van der Waals surface area contributed by atoms with Crippen molar-refractivity contribution in [3.05, 3.63) is 0 Å². The number of carbonyl (C=O) groups is 1. The quantitative estimate of drug-likeness (QED) is 0.101. The fraction of sp³-hybridized carbons (Fsp3) is 0.962. The van der Waals surface area contributed by atoms with Crippen molar-refractivity contribution >= 4 is 5.97 Å². The van der Waals surface area contributed by atoms with Crippen LogP contribution in [0.1, 0.15) is 27.2 Å². The van der Waals surface area contributed by atoms with Crippen molar-refractivity contribution in [2.75, 3.05) is 133 Å². The number of hydrogen-bond donors (Lipinski definition) is 1. The van der Waals surface area contributed by atoms with Crippen LogP contribution in [0.25, 0.3) is 0 Å². The molecule has 0 aliphatic heterocycles. The van der Waals surface area contributed by atoms with Crippen LogP contribution < -0.4 is 5.32 Å². The number of likely N-dealkylation sites (N-methyl/N-ethyl adjacent to an activating group) is 1. The van der Waals surface area contributed by atoms with Gasteiger partial charge in [-0.3, -0.25) is 4.79 Å². The second-order valence-electron chi connectivity index (χ2n) is 8.95. The van der Waals surface area contributed by atoms with E-state index in [-0.39, 0.29) is 12.4 Å². The van der Waals surface area contributed by atoms with Gasteiger partial charge < -0.3 is 52.7 Å². The van der Waals surface area contributed by atoms with Crippen LogP contribution in [0.5, 0.6) is 0 Å². The highest BCUT2D eigenvalue weighted by atomic mass is 16.6. The van der Waals surface area contributed by atoms with E-state index in [1.54, 1.807) is 0 Å². The third kappa shape index (κ3) is 33.1. The van der Waals surface area contributed by atoms with Gasteiger partial charge in [0.25, 0.3) is 0 Å². The average Bonchev–Trinajstić information content (AvgIpc) is 2.86. The van der Waals surface area contributed by atoms with Crippen molar-refractivity contribution in [3.63, 3.8) is 0 Å². The molecule has 38 heavy (non-hydrogen) atoms. The Kier molecular flexibility index (Phi) is 28.4. The molecule has 0 aliphatic rings. The van der Waals surface area contributed by atoms with E-state index in [9.17, 15) is 4.79 Å². The molecule has 0 saturated carbocycles. The first kappa shape index (κ1) is 37.1. The van der Waals surface area contributed by atoms with Crippen LogP contribution in [-0.2, 0) is 52.2 Å². The van der Waals surface area contributed by atoms with Crippen molar-refractivity contribution in [1.29, 1.82) is 0 Å². The number of nitrogens with one attached hydrogen (secondary N) is 1. The lowest BCUT2D eigenvalue weighted by Gasteiger charge is -2.19. The molecule has 1 N–H and O–H groups in total. The fourth-order valence-electron chi connectivity index (χ4n) is 2.58. The van der Waals surface area contributed by atoms with Crippen LogP contribution in [-0.4, -0.2) is 144 Å². The molecule has 0 aliphatic carbocycles. The summed E-state index contributed by atoms with van der Waals surface area (Å²) in [5.74, 6) is -0.261. The summed E-state index contributed by atoms with van der Waals surface area (Å²) in [6, 6.07) is 0. The number of rotatable bonds is 30. The van der Waals surface area contributed by atoms with Crippen molar-refractivity contribution in [1.82, 2.24) is 5.32 Å². The van der Waals surface area contributed by atoms with Gasteiger partial charge in [-0.25, -0.2) is 0 Å². The molecule has 0 saturated heterocycles. The summed E-state index contributed by atoms with van der Waals surface area (Å²) in [5.41, 5.74) is -0.468. The zero-order valence-corrected chi connectivity index (χ0v) is 24.1. The summed E-state index contributed by atoms with van der Waals surface area (Å²) in [6.45, 7) is 15.5. The van der Waals surface area contributed by atoms with Crippen LogP contribution in [0.3, 0.4) is 0 Å². The molecule has 12 heteroatoms. The van der Waals surface area contributed by atoms with Crippen molar-refractivity contribution < 1.29 is 52.2 Å². The Morgan fingerprint density at radius 3 is 1.00 bits per heavy atom. The number of hydrogen-bond acceptors (Lipinski definition) is 12. The Bertz CT molecular complexity index is 492. The maximum Gasteiger partial charge on any atom is 0.308 e. The summed E-state index contributed by atoms with van der Waals surface area (Å²) < 4.78 is 53.9. The van der Waals surface area contributed by atoms with Crippen LogP contribution >= 0.6 is 0 Å². The Hall–Kier alpha value is -0.930. The predicted molar refractivity (Wildman–Crippen MR) is 142 cm³/mol. The van der Waals surface area contributed by atoms with Gasteiger partial charge in [0.15, 0.2) is 0 Å². The van der Waals surface area contributed by atoms with Gasteiger partial charge in [0, 0.05) is 6.54 Å². The molecule has 0 amide bonds. The lowest BCUT2D eigenvalue weighted by molar-refractivity contribution is -0.156. The normalized spacial score (nSPS) is 11.8. The SMILES string of the molecule is CNCCOCCOCCOCCOCCOCCOCCOCCOCCOCCC(=O)OC(C)(C)C. The van der Waals surface area contributed by atoms with Gasteiger partial charge in [-0.2, -0.15) is 0 Å². The van der Waals surface area contributed by atoms with Gasteiger partial charge in [0.05, 0.1) is 125 Å². The highest BCUT2D eigenvalue weighted by Gasteiger charge is 2.15. The average molecular weight is 556 g/mol. The van der Waals surface area contributed by atoms with Crippen molar-refractivity contribution in [2.24, 2.45) is 0 Å². The second-order valence-corrected chi connectivity index (χ2v) is 8.95. The Balaban J connectivity index is 3.09. The smallest absolute Gasteiger partial charge is 0.308 e. The Morgan fingerprint density at radius 1 is 0.474 bits per heavy atom. The van der Waals surface area contributed by atoms with Gasteiger partial charge in [-0.05, 0) is 27.8 Å². The van der Waals surface area contributed by atoms with Gasteiger partial charge in [-0.15, -0.1) is 0 Å². The van der Waals surface area contributed by atoms with Gasteiger partial charge in [0.1, 0.15) is 5.60 Å². The first-order valence-corrected chi connectivity index (χ1v) is 13.5. The molecular weight excluding hydrogens is 502 g/mol. The molecule has 0 fully saturated rings. The van der Waals surface area contributed by atoms with Crippen molar-refractivity contribution in [2.45, 2.75) is 32.8 Å². The molecule has 0 atom stereocenters. The largest absolute Gasteiger partial charge is 0.460 e. The van der Waals surface area contributed by atoms with E-state index in [1.165, 1.54) is 0 Å². The van der Waals surface area contributed by atoms with E-state index in [0.717, 1.165) is 6.54 Å².